The van der Waals surface area contributed by atoms with E-state index in [0.29, 0.717) is 33.0 Å². The Labute approximate surface area is 253 Å². The van der Waals surface area contributed by atoms with Crippen LogP contribution in [0.5, 0.6) is 0 Å². The lowest BCUT2D eigenvalue weighted by Gasteiger charge is -2.46. The number of aromatic nitrogens is 1. The number of hydrogen-bond acceptors (Lipinski definition) is 7. The average molecular weight is 586 g/mol. The van der Waals surface area contributed by atoms with Crippen LogP contribution in [-0.2, 0) is 50.1 Å². The van der Waals surface area contributed by atoms with Crippen molar-refractivity contribution in [3.63, 3.8) is 0 Å². The first kappa shape index (κ1) is 30.4. The maximum atomic E-state index is 6.74. The van der Waals surface area contributed by atoms with E-state index >= 15 is 0 Å². The van der Waals surface area contributed by atoms with E-state index in [1.165, 1.54) is 0 Å². The summed E-state index contributed by atoms with van der Waals surface area (Å²) < 4.78 is 32.9. The molecule has 6 nitrogen and oxygen atoms in total. The van der Waals surface area contributed by atoms with Crippen LogP contribution in [0.25, 0.3) is 0 Å². The van der Waals surface area contributed by atoms with Gasteiger partial charge in [0.05, 0.1) is 38.7 Å². The minimum Gasteiger partial charge on any atom is -0.374 e. The Morgan fingerprint density at radius 2 is 1.17 bits per heavy atom. The van der Waals surface area contributed by atoms with Gasteiger partial charge in [-0.2, -0.15) is 0 Å². The van der Waals surface area contributed by atoms with Crippen molar-refractivity contribution in [1.82, 2.24) is 4.98 Å². The number of thioether (sulfide) groups is 1. The van der Waals surface area contributed by atoms with Crippen LogP contribution >= 0.6 is 11.8 Å². The van der Waals surface area contributed by atoms with Gasteiger partial charge in [0.2, 0.25) is 0 Å². The minimum atomic E-state index is -0.444. The van der Waals surface area contributed by atoms with E-state index in [4.69, 9.17) is 23.7 Å². The molecule has 0 unspecified atom stereocenters. The summed E-state index contributed by atoms with van der Waals surface area (Å²) in [6, 6.07) is 36.4. The molecule has 1 fully saturated rings. The molecule has 7 heteroatoms. The van der Waals surface area contributed by atoms with Crippen LogP contribution in [-0.4, -0.2) is 47.2 Å². The van der Waals surface area contributed by atoms with Crippen molar-refractivity contribution in [2.75, 3.05) is 12.4 Å². The molecule has 1 aromatic heterocycles. The lowest BCUT2D eigenvalue weighted by Crippen LogP contribution is -2.60. The molecule has 2 heterocycles. The number of pyridine rings is 1. The Morgan fingerprint density at radius 1 is 0.619 bits per heavy atom. The number of rotatable bonds is 15. The molecule has 1 saturated heterocycles. The molecule has 0 radical (unpaired) electrons. The van der Waals surface area contributed by atoms with Crippen molar-refractivity contribution in [1.29, 1.82) is 0 Å². The highest BCUT2D eigenvalue weighted by atomic mass is 32.2. The van der Waals surface area contributed by atoms with Gasteiger partial charge >= 0.3 is 0 Å². The van der Waals surface area contributed by atoms with Crippen molar-refractivity contribution >= 4 is 11.8 Å². The van der Waals surface area contributed by atoms with Crippen LogP contribution in [0.3, 0.4) is 0 Å². The third kappa shape index (κ3) is 8.98. The fourth-order valence-corrected chi connectivity index (χ4v) is 5.92. The average Bonchev–Trinajstić information content (AvgIpc) is 3.05. The van der Waals surface area contributed by atoms with E-state index < -0.39 is 12.2 Å². The van der Waals surface area contributed by atoms with Crippen molar-refractivity contribution in [2.24, 2.45) is 0 Å². The molecular weight excluding hydrogens is 546 g/mol. The summed E-state index contributed by atoms with van der Waals surface area (Å²) in [5.41, 5.74) is 3.89. The molecule has 3 aromatic carbocycles. The van der Waals surface area contributed by atoms with Gasteiger partial charge in [0.1, 0.15) is 29.9 Å². The SMILES string of the molecule is CCS[C@@H]1O[C@H](COCc2ccccc2)[C@@H](OCc2ccccn2)[C@H](OCc2ccccc2)[C@H]1OCc1ccccc1. The molecule has 0 aliphatic carbocycles. The highest BCUT2D eigenvalue weighted by molar-refractivity contribution is 7.99. The van der Waals surface area contributed by atoms with Crippen molar-refractivity contribution < 1.29 is 23.7 Å². The molecule has 0 bridgehead atoms. The molecule has 0 saturated carbocycles. The Hall–Kier alpha value is -3.04. The summed E-state index contributed by atoms with van der Waals surface area (Å²) in [5.74, 6) is 0.873. The van der Waals surface area contributed by atoms with Crippen molar-refractivity contribution in [2.45, 2.75) is 63.2 Å². The van der Waals surface area contributed by atoms with Crippen molar-refractivity contribution in [3.8, 4) is 0 Å². The minimum absolute atomic E-state index is 0.250. The summed E-state index contributed by atoms with van der Waals surface area (Å²) in [6.07, 6.45) is 0.207. The quantitative estimate of drug-likeness (QED) is 0.152. The van der Waals surface area contributed by atoms with Gasteiger partial charge in [-0.1, -0.05) is 104 Å². The lowest BCUT2D eigenvalue weighted by molar-refractivity contribution is -0.254. The molecule has 5 atom stereocenters. The lowest BCUT2D eigenvalue weighted by atomic mass is 9.99. The second kappa shape index (κ2) is 16.6. The third-order valence-electron chi connectivity index (χ3n) is 7.04. The predicted molar refractivity (Wildman–Crippen MR) is 166 cm³/mol. The summed E-state index contributed by atoms with van der Waals surface area (Å²) >= 11 is 1.72. The Bertz CT molecular complexity index is 1280. The van der Waals surface area contributed by atoms with Crippen LogP contribution < -0.4 is 0 Å². The van der Waals surface area contributed by atoms with Crippen LogP contribution in [0.2, 0.25) is 0 Å². The maximum Gasteiger partial charge on any atom is 0.132 e. The molecule has 1 aliphatic heterocycles. The molecular formula is C35H39NO5S. The monoisotopic (exact) mass is 585 g/mol. The molecule has 1 aliphatic rings. The first-order valence-electron chi connectivity index (χ1n) is 14.5. The third-order valence-corrected chi connectivity index (χ3v) is 8.08. The first-order valence-corrected chi connectivity index (χ1v) is 15.6. The summed E-state index contributed by atoms with van der Waals surface area (Å²) in [6.45, 7) is 4.19. The smallest absolute Gasteiger partial charge is 0.132 e. The van der Waals surface area contributed by atoms with Crippen LogP contribution in [0.1, 0.15) is 29.3 Å². The van der Waals surface area contributed by atoms with Gasteiger partial charge in [0.15, 0.2) is 0 Å². The highest BCUT2D eigenvalue weighted by Crippen LogP contribution is 2.35. The standard InChI is InChI=1S/C35H39NO5S/c1-2-42-35-34(39-24-29-18-10-5-11-19-29)33(38-23-28-16-8-4-9-17-28)32(40-25-30-20-12-13-21-36-30)31(41-35)26-37-22-27-14-6-3-7-15-27/h3-21,31-35H,2,22-26H2,1H3/t31-,32-,33+,34-,35+/m1/s1. The van der Waals surface area contributed by atoms with E-state index in [1.54, 1.807) is 18.0 Å². The van der Waals surface area contributed by atoms with Crippen LogP contribution in [0.4, 0.5) is 0 Å². The van der Waals surface area contributed by atoms with Gasteiger partial charge in [0, 0.05) is 6.20 Å². The zero-order valence-corrected chi connectivity index (χ0v) is 24.8. The number of ether oxygens (including phenoxy) is 5. The van der Waals surface area contributed by atoms with E-state index in [1.807, 2.05) is 72.8 Å². The van der Waals surface area contributed by atoms with Gasteiger partial charge in [-0.05, 0) is 34.6 Å². The highest BCUT2D eigenvalue weighted by Gasteiger charge is 2.48. The number of hydrogen-bond donors (Lipinski definition) is 0. The summed E-state index contributed by atoms with van der Waals surface area (Å²) in [5, 5.41) is 0. The summed E-state index contributed by atoms with van der Waals surface area (Å²) in [7, 11) is 0. The van der Waals surface area contributed by atoms with Crippen LogP contribution in [0.15, 0.2) is 115 Å². The Morgan fingerprint density at radius 3 is 1.74 bits per heavy atom. The topological polar surface area (TPSA) is 59.0 Å². The second-order valence-electron chi connectivity index (χ2n) is 10.1. The largest absolute Gasteiger partial charge is 0.374 e. The second-order valence-corrected chi connectivity index (χ2v) is 11.5. The molecule has 42 heavy (non-hydrogen) atoms. The Balaban J connectivity index is 1.40. The maximum absolute atomic E-state index is 6.74. The predicted octanol–water partition coefficient (Wildman–Crippen LogP) is 6.83. The van der Waals surface area contributed by atoms with Gasteiger partial charge in [-0.25, -0.2) is 0 Å². The van der Waals surface area contributed by atoms with Gasteiger partial charge < -0.3 is 23.7 Å². The first-order chi connectivity index (χ1) is 20.8. The van der Waals surface area contributed by atoms with E-state index in [0.717, 1.165) is 28.1 Å². The van der Waals surface area contributed by atoms with Gasteiger partial charge in [-0.3, -0.25) is 4.98 Å². The molecule has 0 N–H and O–H groups in total. The van der Waals surface area contributed by atoms with Gasteiger partial charge in [0.25, 0.3) is 0 Å². The molecule has 220 valence electrons. The van der Waals surface area contributed by atoms with Crippen molar-refractivity contribution in [3.05, 3.63) is 138 Å². The number of benzene rings is 3. The zero-order chi connectivity index (χ0) is 28.8. The Kier molecular flexibility index (Phi) is 12.0. The molecule has 0 spiro atoms. The number of nitrogens with zero attached hydrogens (tertiary/aromatic N) is 1. The van der Waals surface area contributed by atoms with E-state index in [-0.39, 0.29) is 17.6 Å². The fraction of sp³-hybridized carbons (Fsp3) is 0.343. The molecule has 5 rings (SSSR count). The molecule has 0 amide bonds. The molecule has 4 aromatic rings. The fourth-order valence-electron chi connectivity index (χ4n) is 4.94. The summed E-state index contributed by atoms with van der Waals surface area (Å²) in [4.78, 5) is 4.47. The normalized spacial score (nSPS) is 22.2. The van der Waals surface area contributed by atoms with Crippen LogP contribution in [0, 0.1) is 0 Å². The van der Waals surface area contributed by atoms with Gasteiger partial charge in [-0.15, -0.1) is 11.8 Å². The zero-order valence-electron chi connectivity index (χ0n) is 24.0. The van der Waals surface area contributed by atoms with E-state index in [9.17, 15) is 0 Å². The van der Waals surface area contributed by atoms with E-state index in [2.05, 4.69) is 48.3 Å².